The van der Waals surface area contributed by atoms with Gasteiger partial charge in [-0.05, 0) is 63.5 Å². The van der Waals surface area contributed by atoms with E-state index in [2.05, 4.69) is 24.1 Å². The minimum atomic E-state index is -0.975. The van der Waals surface area contributed by atoms with E-state index in [1.54, 1.807) is 6.26 Å². The summed E-state index contributed by atoms with van der Waals surface area (Å²) in [5.41, 5.74) is 0.483. The highest BCUT2D eigenvalue weighted by atomic mass is 16.3. The second-order valence-electron chi connectivity index (χ2n) is 10.7. The monoisotopic (exact) mass is 496 g/mol. The zero-order chi connectivity index (χ0) is 25.5. The summed E-state index contributed by atoms with van der Waals surface area (Å²) in [7, 11) is 0. The van der Waals surface area contributed by atoms with E-state index in [1.807, 2.05) is 40.7 Å². The third kappa shape index (κ3) is 5.72. The van der Waals surface area contributed by atoms with Crippen LogP contribution in [0.25, 0.3) is 11.5 Å². The number of hydrogen-bond donors (Lipinski definition) is 1. The molecule has 1 fully saturated rings. The molecule has 1 aliphatic heterocycles. The fourth-order valence-electron chi connectivity index (χ4n) is 5.75. The number of rotatable bonds is 10. The first-order chi connectivity index (χ1) is 17.5. The number of carbonyl (C=O) groups excluding carboxylic acids is 2. The van der Waals surface area contributed by atoms with Gasteiger partial charge in [0, 0.05) is 19.1 Å². The Bertz CT molecular complexity index is 990. The van der Waals surface area contributed by atoms with Gasteiger partial charge in [0.25, 0.3) is 5.91 Å². The van der Waals surface area contributed by atoms with Crippen LogP contribution in [0.3, 0.4) is 0 Å². The molecule has 0 spiro atoms. The minimum Gasteiger partial charge on any atom is -0.463 e. The number of unbranched alkanes of at least 4 members (excludes halogenated alkanes) is 1. The molecule has 7 nitrogen and oxygen atoms in total. The maximum absolute atomic E-state index is 14.0. The van der Waals surface area contributed by atoms with Gasteiger partial charge >= 0.3 is 0 Å². The summed E-state index contributed by atoms with van der Waals surface area (Å²) in [6.07, 6.45) is 12.0. The lowest BCUT2D eigenvalue weighted by molar-refractivity contribution is -0.133. The van der Waals surface area contributed by atoms with Gasteiger partial charge in [0.05, 0.1) is 18.5 Å². The average molecular weight is 497 g/mol. The first-order valence-electron chi connectivity index (χ1n) is 14.1. The average Bonchev–Trinajstić information content (AvgIpc) is 3.52. The zero-order valence-corrected chi connectivity index (χ0v) is 22.4. The van der Waals surface area contributed by atoms with Crippen LogP contribution in [0.4, 0.5) is 0 Å². The van der Waals surface area contributed by atoms with Gasteiger partial charge in [-0.25, -0.2) is 0 Å². The second kappa shape index (κ2) is 12.1. The van der Waals surface area contributed by atoms with E-state index < -0.39 is 5.54 Å². The highest BCUT2D eigenvalue weighted by Gasteiger charge is 2.48. The molecule has 3 heterocycles. The van der Waals surface area contributed by atoms with E-state index in [4.69, 9.17) is 4.42 Å². The maximum Gasteiger partial charge on any atom is 0.271 e. The smallest absolute Gasteiger partial charge is 0.271 e. The normalized spacial score (nSPS) is 21.3. The first-order valence-corrected chi connectivity index (χ1v) is 14.1. The van der Waals surface area contributed by atoms with Crippen LogP contribution in [-0.4, -0.2) is 63.9 Å². The SMILES string of the molecule is CCCCN(CC)CCN1C(=O)c2ccc(-c3ccco3)n2CC1(C)C(=O)NC1CCCCCCC1. The Labute approximate surface area is 216 Å². The molecule has 1 N–H and O–H groups in total. The van der Waals surface area contributed by atoms with Crippen molar-refractivity contribution in [2.45, 2.75) is 96.7 Å². The number of aromatic nitrogens is 1. The van der Waals surface area contributed by atoms with Crippen LogP contribution < -0.4 is 5.32 Å². The molecule has 36 heavy (non-hydrogen) atoms. The van der Waals surface area contributed by atoms with Crippen molar-refractivity contribution in [2.75, 3.05) is 26.2 Å². The number of likely N-dealkylation sites (N-methyl/N-ethyl adjacent to an activating group) is 1. The lowest BCUT2D eigenvalue weighted by atomic mass is 9.92. The van der Waals surface area contributed by atoms with Crippen LogP contribution in [0, 0.1) is 0 Å². The molecule has 2 aromatic rings. The molecule has 2 aromatic heterocycles. The fraction of sp³-hybridized carbons (Fsp3) is 0.655. The molecule has 1 unspecified atom stereocenters. The van der Waals surface area contributed by atoms with Gasteiger partial charge in [-0.2, -0.15) is 0 Å². The summed E-state index contributed by atoms with van der Waals surface area (Å²) in [5, 5.41) is 3.38. The van der Waals surface area contributed by atoms with Gasteiger partial charge in [-0.1, -0.05) is 52.4 Å². The molecule has 2 amide bonds. The highest BCUT2D eigenvalue weighted by Crippen LogP contribution is 2.33. The van der Waals surface area contributed by atoms with E-state index in [1.165, 1.54) is 19.3 Å². The highest BCUT2D eigenvalue weighted by molar-refractivity contribution is 6.00. The Morgan fingerprint density at radius 3 is 2.47 bits per heavy atom. The summed E-state index contributed by atoms with van der Waals surface area (Å²) in [6, 6.07) is 7.73. The lowest BCUT2D eigenvalue weighted by Gasteiger charge is -2.45. The predicted molar refractivity (Wildman–Crippen MR) is 143 cm³/mol. The van der Waals surface area contributed by atoms with Crippen LogP contribution in [0.5, 0.6) is 0 Å². The Morgan fingerprint density at radius 2 is 1.81 bits per heavy atom. The van der Waals surface area contributed by atoms with E-state index in [-0.39, 0.29) is 17.9 Å². The zero-order valence-electron chi connectivity index (χ0n) is 22.4. The Kier molecular flexibility index (Phi) is 8.94. The van der Waals surface area contributed by atoms with Crippen molar-refractivity contribution in [3.05, 3.63) is 36.2 Å². The molecule has 0 radical (unpaired) electrons. The molecule has 1 aliphatic carbocycles. The van der Waals surface area contributed by atoms with Crippen molar-refractivity contribution in [2.24, 2.45) is 0 Å². The summed E-state index contributed by atoms with van der Waals surface area (Å²) < 4.78 is 7.64. The van der Waals surface area contributed by atoms with Crippen LogP contribution in [-0.2, 0) is 11.3 Å². The van der Waals surface area contributed by atoms with Crippen molar-refractivity contribution in [1.29, 1.82) is 0 Å². The summed E-state index contributed by atoms with van der Waals surface area (Å²) in [6.45, 7) is 9.97. The van der Waals surface area contributed by atoms with E-state index in [9.17, 15) is 9.59 Å². The van der Waals surface area contributed by atoms with Crippen LogP contribution in [0.1, 0.15) is 89.0 Å². The third-order valence-corrected chi connectivity index (χ3v) is 8.12. The summed E-state index contributed by atoms with van der Waals surface area (Å²) in [4.78, 5) is 32.1. The van der Waals surface area contributed by atoms with Gasteiger partial charge in [0.15, 0.2) is 0 Å². The lowest BCUT2D eigenvalue weighted by Crippen LogP contribution is -2.65. The Hall–Kier alpha value is -2.54. The molecule has 4 rings (SSSR count). The van der Waals surface area contributed by atoms with Crippen molar-refractivity contribution in [3.63, 3.8) is 0 Å². The van der Waals surface area contributed by atoms with Crippen molar-refractivity contribution >= 4 is 11.8 Å². The number of nitrogens with one attached hydrogen (secondary N) is 1. The van der Waals surface area contributed by atoms with Gasteiger partial charge in [0.1, 0.15) is 17.0 Å². The number of nitrogens with zero attached hydrogens (tertiary/aromatic N) is 3. The van der Waals surface area contributed by atoms with Gasteiger partial charge < -0.3 is 24.1 Å². The molecular formula is C29H44N4O3. The van der Waals surface area contributed by atoms with E-state index >= 15 is 0 Å². The van der Waals surface area contributed by atoms with Crippen LogP contribution >= 0.6 is 0 Å². The molecule has 198 valence electrons. The van der Waals surface area contributed by atoms with Gasteiger partial charge in [-0.3, -0.25) is 9.59 Å². The largest absolute Gasteiger partial charge is 0.463 e. The van der Waals surface area contributed by atoms with E-state index in [0.717, 1.165) is 63.9 Å². The Balaban J connectivity index is 1.61. The standard InChI is InChI=1S/C29H44N4O3/c1-4-6-18-31(5-2)19-20-33-27(34)25-17-16-24(26-15-12-21-36-26)32(25)22-29(33,3)28(35)30-23-13-10-8-7-9-11-14-23/h12,15-17,21,23H,4-11,13-14,18-20,22H2,1-3H3,(H,30,35). The molecular weight excluding hydrogens is 452 g/mol. The number of furan rings is 1. The molecule has 1 atom stereocenters. The van der Waals surface area contributed by atoms with Crippen molar-refractivity contribution in [3.8, 4) is 11.5 Å². The summed E-state index contributed by atoms with van der Waals surface area (Å²) >= 11 is 0. The summed E-state index contributed by atoms with van der Waals surface area (Å²) in [5.74, 6) is 0.589. The number of hydrogen-bond acceptors (Lipinski definition) is 4. The Morgan fingerprint density at radius 1 is 1.08 bits per heavy atom. The van der Waals surface area contributed by atoms with Crippen molar-refractivity contribution in [1.82, 2.24) is 19.7 Å². The first kappa shape index (κ1) is 26.5. The quantitative estimate of drug-likeness (QED) is 0.484. The topological polar surface area (TPSA) is 70.7 Å². The molecule has 0 aromatic carbocycles. The molecule has 1 saturated carbocycles. The predicted octanol–water partition coefficient (Wildman–Crippen LogP) is 5.31. The molecule has 0 saturated heterocycles. The van der Waals surface area contributed by atoms with E-state index in [0.29, 0.717) is 24.5 Å². The number of amides is 2. The van der Waals surface area contributed by atoms with Crippen LogP contribution in [0.15, 0.2) is 34.9 Å². The third-order valence-electron chi connectivity index (χ3n) is 8.12. The molecule has 0 bridgehead atoms. The maximum atomic E-state index is 14.0. The van der Waals surface area contributed by atoms with Gasteiger partial charge in [0.2, 0.25) is 5.91 Å². The van der Waals surface area contributed by atoms with Crippen LogP contribution in [0.2, 0.25) is 0 Å². The van der Waals surface area contributed by atoms with Crippen molar-refractivity contribution < 1.29 is 14.0 Å². The molecule has 7 heteroatoms. The minimum absolute atomic E-state index is 0.0391. The molecule has 2 aliphatic rings. The second-order valence-corrected chi connectivity index (χ2v) is 10.7. The fourth-order valence-corrected chi connectivity index (χ4v) is 5.75. The number of carbonyl (C=O) groups is 2. The van der Waals surface area contributed by atoms with Gasteiger partial charge in [-0.15, -0.1) is 0 Å². The number of fused-ring (bicyclic) bond motifs is 1.